The van der Waals surface area contributed by atoms with E-state index in [-0.39, 0.29) is 11.4 Å². The average molecular weight is 466 g/mol. The summed E-state index contributed by atoms with van der Waals surface area (Å²) in [5.41, 5.74) is 1.94. The molecule has 0 aromatic heterocycles. The molecule has 0 bridgehead atoms. The highest BCUT2D eigenvalue weighted by Gasteiger charge is 2.25. The van der Waals surface area contributed by atoms with Gasteiger partial charge in [-0.3, -0.25) is 9.69 Å². The standard InChI is InChI=1S/C25H25ClFN5O/c1-16(2)29-10-12-30(13-11-29)17(3)31-15-22-24(21-14-19(27)6-9-23(21)31)28-32(25(22)33)20-7-4-18(26)5-8-20/h4-9,14-16H,3,10-13H2,1-2H3. The van der Waals surface area contributed by atoms with Gasteiger partial charge in [-0.2, -0.15) is 9.78 Å². The minimum Gasteiger partial charge on any atom is -0.356 e. The van der Waals surface area contributed by atoms with E-state index in [1.165, 1.54) is 16.8 Å². The van der Waals surface area contributed by atoms with E-state index in [4.69, 9.17) is 11.6 Å². The summed E-state index contributed by atoms with van der Waals surface area (Å²) in [4.78, 5) is 18.0. The third kappa shape index (κ3) is 3.81. The number of halogens is 2. The van der Waals surface area contributed by atoms with Gasteiger partial charge in [0.05, 0.1) is 16.8 Å². The number of nitrogens with zero attached hydrogens (tertiary/aromatic N) is 5. The van der Waals surface area contributed by atoms with Crippen LogP contribution < -0.4 is 5.56 Å². The first kappa shape index (κ1) is 21.7. The molecule has 0 atom stereocenters. The van der Waals surface area contributed by atoms with Gasteiger partial charge in [0.2, 0.25) is 0 Å². The normalized spacial score (nSPS) is 15.1. The van der Waals surface area contributed by atoms with E-state index in [2.05, 4.69) is 35.3 Å². The Labute approximate surface area is 196 Å². The Morgan fingerprint density at radius 1 is 1.09 bits per heavy atom. The van der Waals surface area contributed by atoms with Gasteiger partial charge in [0.25, 0.3) is 5.56 Å². The highest BCUT2D eigenvalue weighted by atomic mass is 35.5. The molecular formula is C25H25ClFN5O. The fourth-order valence-corrected chi connectivity index (χ4v) is 4.58. The molecule has 1 saturated heterocycles. The summed E-state index contributed by atoms with van der Waals surface area (Å²) in [6.45, 7) is 12.3. The smallest absolute Gasteiger partial charge is 0.282 e. The van der Waals surface area contributed by atoms with Crippen LogP contribution in [0.2, 0.25) is 5.02 Å². The lowest BCUT2D eigenvalue weighted by Gasteiger charge is -2.39. The van der Waals surface area contributed by atoms with Crippen molar-refractivity contribution < 1.29 is 4.39 Å². The van der Waals surface area contributed by atoms with Crippen LogP contribution in [-0.2, 0) is 0 Å². The molecule has 5 rings (SSSR count). The lowest BCUT2D eigenvalue weighted by atomic mass is 10.1. The molecule has 0 spiro atoms. The van der Waals surface area contributed by atoms with Gasteiger partial charge in [0, 0.05) is 48.8 Å². The number of rotatable bonds is 4. The Morgan fingerprint density at radius 2 is 1.79 bits per heavy atom. The van der Waals surface area contributed by atoms with Gasteiger partial charge in [0.15, 0.2) is 0 Å². The zero-order chi connectivity index (χ0) is 23.3. The third-order valence-corrected chi connectivity index (χ3v) is 6.62. The van der Waals surface area contributed by atoms with Crippen LogP contribution in [0.3, 0.4) is 0 Å². The largest absolute Gasteiger partial charge is 0.356 e. The summed E-state index contributed by atoms with van der Waals surface area (Å²) in [7, 11) is 0. The van der Waals surface area contributed by atoms with Crippen molar-refractivity contribution in [2.24, 2.45) is 0 Å². The van der Waals surface area contributed by atoms with Crippen molar-refractivity contribution in [3.05, 3.63) is 76.4 Å². The van der Waals surface area contributed by atoms with Gasteiger partial charge in [-0.15, -0.1) is 0 Å². The number of pyridine rings is 1. The van der Waals surface area contributed by atoms with E-state index in [9.17, 15) is 9.18 Å². The first-order chi connectivity index (χ1) is 15.8. The summed E-state index contributed by atoms with van der Waals surface area (Å²) in [6.07, 6.45) is 1.77. The fraction of sp³-hybridized carbons (Fsp3) is 0.280. The van der Waals surface area contributed by atoms with E-state index in [1.807, 2.05) is 4.57 Å². The quantitative estimate of drug-likeness (QED) is 0.444. The zero-order valence-corrected chi connectivity index (χ0v) is 19.4. The number of hydrogen-bond donors (Lipinski definition) is 0. The van der Waals surface area contributed by atoms with Crippen molar-refractivity contribution in [3.63, 3.8) is 0 Å². The molecule has 1 fully saturated rings. The van der Waals surface area contributed by atoms with Gasteiger partial charge in [-0.25, -0.2) is 4.39 Å². The van der Waals surface area contributed by atoms with Crippen molar-refractivity contribution >= 4 is 28.3 Å². The first-order valence-corrected chi connectivity index (χ1v) is 11.4. The molecule has 0 N–H and O–H groups in total. The van der Waals surface area contributed by atoms with Crippen LogP contribution in [0.15, 0.2) is 60.0 Å². The number of hydrogen-bond acceptors (Lipinski definition) is 4. The van der Waals surface area contributed by atoms with E-state index in [1.54, 1.807) is 36.5 Å². The minimum absolute atomic E-state index is 0.273. The van der Waals surface area contributed by atoms with Gasteiger partial charge < -0.3 is 9.47 Å². The Bertz CT molecular complexity index is 1370. The molecule has 170 valence electrons. The van der Waals surface area contributed by atoms with Crippen molar-refractivity contribution in [3.8, 4) is 16.9 Å². The van der Waals surface area contributed by atoms with Gasteiger partial charge >= 0.3 is 0 Å². The highest BCUT2D eigenvalue weighted by Crippen LogP contribution is 2.31. The molecular weight excluding hydrogens is 441 g/mol. The van der Waals surface area contributed by atoms with Crippen LogP contribution in [0.5, 0.6) is 0 Å². The molecule has 33 heavy (non-hydrogen) atoms. The molecule has 0 radical (unpaired) electrons. The lowest BCUT2D eigenvalue weighted by molar-refractivity contribution is 0.140. The van der Waals surface area contributed by atoms with Crippen LogP contribution in [-0.4, -0.2) is 56.4 Å². The number of piperazine rings is 1. The molecule has 3 aliphatic heterocycles. The Balaban J connectivity index is 1.64. The van der Waals surface area contributed by atoms with E-state index in [0.29, 0.717) is 33.4 Å². The molecule has 0 amide bonds. The number of aromatic nitrogens is 3. The van der Waals surface area contributed by atoms with Gasteiger partial charge in [0.1, 0.15) is 17.3 Å². The molecule has 2 aromatic carbocycles. The number of fused-ring (bicyclic) bond motifs is 3. The zero-order valence-electron chi connectivity index (χ0n) is 18.6. The summed E-state index contributed by atoms with van der Waals surface area (Å²) < 4.78 is 17.5. The predicted octanol–water partition coefficient (Wildman–Crippen LogP) is 4.54. The molecule has 3 heterocycles. The molecule has 2 aromatic rings. The van der Waals surface area contributed by atoms with Crippen molar-refractivity contribution in [2.75, 3.05) is 26.2 Å². The topological polar surface area (TPSA) is 46.3 Å². The lowest BCUT2D eigenvalue weighted by Crippen LogP contribution is -2.48. The van der Waals surface area contributed by atoms with Gasteiger partial charge in [-0.1, -0.05) is 18.2 Å². The molecule has 6 nitrogen and oxygen atoms in total. The van der Waals surface area contributed by atoms with Crippen LogP contribution in [0.4, 0.5) is 4.39 Å². The second-order valence-corrected chi connectivity index (χ2v) is 9.09. The summed E-state index contributed by atoms with van der Waals surface area (Å²) >= 11 is 6.00. The van der Waals surface area contributed by atoms with E-state index < -0.39 is 0 Å². The second-order valence-electron chi connectivity index (χ2n) is 8.65. The van der Waals surface area contributed by atoms with Crippen LogP contribution in [0.25, 0.3) is 33.7 Å². The maximum Gasteiger partial charge on any atom is 0.282 e. The van der Waals surface area contributed by atoms with Gasteiger partial charge in [-0.05, 0) is 56.3 Å². The maximum atomic E-state index is 14.3. The summed E-state index contributed by atoms with van der Waals surface area (Å²) in [5, 5.41) is 5.70. The van der Waals surface area contributed by atoms with Crippen LogP contribution in [0, 0.1) is 5.82 Å². The Kier molecular flexibility index (Phi) is 5.46. The van der Waals surface area contributed by atoms with Crippen LogP contribution in [0.1, 0.15) is 13.8 Å². The molecule has 0 saturated carbocycles. The monoisotopic (exact) mass is 465 g/mol. The van der Waals surface area contributed by atoms with Crippen molar-refractivity contribution in [1.29, 1.82) is 0 Å². The molecule has 0 unspecified atom stereocenters. The van der Waals surface area contributed by atoms with Crippen molar-refractivity contribution in [1.82, 2.24) is 24.1 Å². The maximum absolute atomic E-state index is 14.3. The summed E-state index contributed by atoms with van der Waals surface area (Å²) in [5.74, 6) is 0.377. The second kappa shape index (κ2) is 8.32. The minimum atomic E-state index is -0.383. The first-order valence-electron chi connectivity index (χ1n) is 11.0. The third-order valence-electron chi connectivity index (χ3n) is 6.37. The Hall–Kier alpha value is -3.16. The van der Waals surface area contributed by atoms with E-state index >= 15 is 0 Å². The molecule has 8 heteroatoms. The molecule has 0 aliphatic carbocycles. The number of benzene rings is 2. The van der Waals surface area contributed by atoms with Crippen molar-refractivity contribution in [2.45, 2.75) is 19.9 Å². The molecule has 3 aliphatic rings. The SMILES string of the molecule is C=C(N1CCN(C(C)C)CC1)n1cc2c(=O)n(-c3ccc(Cl)cc3)nc-2c2cc(F)ccc21. The average Bonchev–Trinajstić information content (AvgIpc) is 3.15. The Morgan fingerprint density at radius 3 is 2.45 bits per heavy atom. The predicted molar refractivity (Wildman–Crippen MR) is 131 cm³/mol. The van der Waals surface area contributed by atoms with Crippen LogP contribution >= 0.6 is 11.6 Å². The van der Waals surface area contributed by atoms with E-state index in [0.717, 1.165) is 37.5 Å². The summed E-state index contributed by atoms with van der Waals surface area (Å²) in [6, 6.07) is 11.9. The fourth-order valence-electron chi connectivity index (χ4n) is 4.46. The highest BCUT2D eigenvalue weighted by molar-refractivity contribution is 6.30.